The summed E-state index contributed by atoms with van der Waals surface area (Å²) in [5.74, 6) is -1.45. The van der Waals surface area contributed by atoms with E-state index in [0.29, 0.717) is 0 Å². The SMILES string of the molecule is CCC(C)NC(=O)C(C)Nc1cc(F)c(Br)cc1F. The molecule has 1 rings (SSSR count). The third-order valence-corrected chi connectivity index (χ3v) is 3.38. The Bertz CT molecular complexity index is 468. The molecule has 0 fully saturated rings. The second-order valence-corrected chi connectivity index (χ2v) is 5.28. The first-order valence-electron chi connectivity index (χ1n) is 6.06. The number of carbonyl (C=O) groups is 1. The first-order valence-corrected chi connectivity index (χ1v) is 6.85. The van der Waals surface area contributed by atoms with E-state index in [1.807, 2.05) is 13.8 Å². The van der Waals surface area contributed by atoms with Crippen LogP contribution in [0.4, 0.5) is 14.5 Å². The van der Waals surface area contributed by atoms with E-state index in [0.717, 1.165) is 18.6 Å². The predicted octanol–water partition coefficient (Wildman–Crippen LogP) is 3.44. The van der Waals surface area contributed by atoms with Crippen molar-refractivity contribution in [3.05, 3.63) is 28.2 Å². The summed E-state index contributed by atoms with van der Waals surface area (Å²) < 4.78 is 27.0. The molecule has 0 aliphatic rings. The minimum atomic E-state index is -0.649. The van der Waals surface area contributed by atoms with Gasteiger partial charge in [0.15, 0.2) is 0 Å². The van der Waals surface area contributed by atoms with Crippen LogP contribution in [0.25, 0.3) is 0 Å². The van der Waals surface area contributed by atoms with Gasteiger partial charge in [-0.15, -0.1) is 0 Å². The van der Waals surface area contributed by atoms with E-state index in [-0.39, 0.29) is 22.1 Å². The summed E-state index contributed by atoms with van der Waals surface area (Å²) in [6.45, 7) is 5.43. The Hall–Kier alpha value is -1.17. The summed E-state index contributed by atoms with van der Waals surface area (Å²) >= 11 is 2.90. The van der Waals surface area contributed by atoms with E-state index >= 15 is 0 Å². The molecule has 106 valence electrons. The lowest BCUT2D eigenvalue weighted by atomic mass is 10.2. The Balaban J connectivity index is 2.74. The van der Waals surface area contributed by atoms with Crippen LogP contribution in [0.5, 0.6) is 0 Å². The zero-order valence-corrected chi connectivity index (χ0v) is 12.6. The number of anilines is 1. The lowest BCUT2D eigenvalue weighted by Gasteiger charge is -2.18. The minimum absolute atomic E-state index is 0.0347. The number of halogens is 3. The molecular formula is C13H17BrF2N2O. The third-order valence-electron chi connectivity index (χ3n) is 2.78. The highest BCUT2D eigenvalue weighted by atomic mass is 79.9. The van der Waals surface area contributed by atoms with E-state index < -0.39 is 17.7 Å². The van der Waals surface area contributed by atoms with Gasteiger partial charge in [-0.2, -0.15) is 0 Å². The van der Waals surface area contributed by atoms with Gasteiger partial charge in [0.05, 0.1) is 10.2 Å². The maximum atomic E-state index is 13.6. The molecule has 0 aromatic heterocycles. The van der Waals surface area contributed by atoms with E-state index in [2.05, 4.69) is 26.6 Å². The topological polar surface area (TPSA) is 41.1 Å². The largest absolute Gasteiger partial charge is 0.371 e. The molecule has 0 radical (unpaired) electrons. The van der Waals surface area contributed by atoms with Crippen molar-refractivity contribution >= 4 is 27.5 Å². The van der Waals surface area contributed by atoms with Crippen LogP contribution in [0.15, 0.2) is 16.6 Å². The fraction of sp³-hybridized carbons (Fsp3) is 0.462. The van der Waals surface area contributed by atoms with Crippen molar-refractivity contribution in [2.75, 3.05) is 5.32 Å². The number of nitrogens with one attached hydrogen (secondary N) is 2. The summed E-state index contributed by atoms with van der Waals surface area (Å²) in [6, 6.07) is 1.44. The molecule has 2 N–H and O–H groups in total. The van der Waals surface area contributed by atoms with Gasteiger partial charge >= 0.3 is 0 Å². The molecule has 2 atom stereocenters. The lowest BCUT2D eigenvalue weighted by Crippen LogP contribution is -2.42. The van der Waals surface area contributed by atoms with Crippen LogP contribution in [-0.2, 0) is 4.79 Å². The van der Waals surface area contributed by atoms with Gasteiger partial charge in [0, 0.05) is 12.1 Å². The Labute approximate surface area is 119 Å². The fourth-order valence-corrected chi connectivity index (χ4v) is 1.72. The molecule has 1 amide bonds. The molecule has 3 nitrogen and oxygen atoms in total. The zero-order chi connectivity index (χ0) is 14.6. The molecule has 6 heteroatoms. The summed E-state index contributed by atoms with van der Waals surface area (Å²) in [7, 11) is 0. The van der Waals surface area contributed by atoms with Crippen molar-refractivity contribution < 1.29 is 13.6 Å². The number of carbonyl (C=O) groups excluding carboxylic acids is 1. The maximum absolute atomic E-state index is 13.6. The summed E-state index contributed by atoms with van der Waals surface area (Å²) in [4.78, 5) is 11.8. The normalized spacial score (nSPS) is 13.8. The molecule has 19 heavy (non-hydrogen) atoms. The van der Waals surface area contributed by atoms with E-state index in [1.165, 1.54) is 0 Å². The molecule has 2 unspecified atom stereocenters. The summed E-state index contributed by atoms with van der Waals surface area (Å²) in [5.41, 5.74) is -0.0347. The van der Waals surface area contributed by atoms with E-state index in [1.54, 1.807) is 6.92 Å². The maximum Gasteiger partial charge on any atom is 0.242 e. The van der Waals surface area contributed by atoms with Crippen LogP contribution in [0.3, 0.4) is 0 Å². The molecule has 0 aliphatic heterocycles. The van der Waals surface area contributed by atoms with Crippen molar-refractivity contribution in [1.82, 2.24) is 5.32 Å². The van der Waals surface area contributed by atoms with Gasteiger partial charge in [0.2, 0.25) is 5.91 Å². The van der Waals surface area contributed by atoms with E-state index in [4.69, 9.17) is 0 Å². The molecule has 0 spiro atoms. The molecule has 0 aliphatic carbocycles. The Morgan fingerprint density at radius 2 is 1.95 bits per heavy atom. The molecule has 0 bridgehead atoms. The number of rotatable bonds is 5. The molecule has 0 saturated carbocycles. The van der Waals surface area contributed by atoms with Gasteiger partial charge in [-0.25, -0.2) is 8.78 Å². The standard InChI is InChI=1S/C13H17BrF2N2O/c1-4-7(2)17-13(19)8(3)18-12-6-10(15)9(14)5-11(12)16/h5-8,18H,4H2,1-3H3,(H,17,19). The van der Waals surface area contributed by atoms with Crippen LogP contribution < -0.4 is 10.6 Å². The first-order chi connectivity index (χ1) is 8.85. The number of benzene rings is 1. The average Bonchev–Trinajstić information content (AvgIpc) is 2.35. The van der Waals surface area contributed by atoms with Crippen molar-refractivity contribution in [2.45, 2.75) is 39.3 Å². The third kappa shape index (κ3) is 4.45. The van der Waals surface area contributed by atoms with Crippen LogP contribution in [0, 0.1) is 11.6 Å². The quantitative estimate of drug-likeness (QED) is 0.810. The number of hydrogen-bond acceptors (Lipinski definition) is 2. The second-order valence-electron chi connectivity index (χ2n) is 4.43. The second kappa shape index (κ2) is 6.84. The highest BCUT2D eigenvalue weighted by Gasteiger charge is 2.17. The van der Waals surface area contributed by atoms with Crippen LogP contribution in [0.2, 0.25) is 0 Å². The van der Waals surface area contributed by atoms with Crippen LogP contribution in [0.1, 0.15) is 27.2 Å². The molecular weight excluding hydrogens is 318 g/mol. The molecule has 0 saturated heterocycles. The fourth-order valence-electron chi connectivity index (χ4n) is 1.40. The van der Waals surface area contributed by atoms with Crippen LogP contribution >= 0.6 is 15.9 Å². The summed E-state index contributed by atoms with van der Waals surface area (Å²) in [5, 5.41) is 5.43. The highest BCUT2D eigenvalue weighted by molar-refractivity contribution is 9.10. The molecule has 1 aromatic rings. The van der Waals surface area contributed by atoms with Crippen LogP contribution in [-0.4, -0.2) is 18.0 Å². The lowest BCUT2D eigenvalue weighted by molar-refractivity contribution is -0.122. The van der Waals surface area contributed by atoms with Crippen molar-refractivity contribution in [1.29, 1.82) is 0 Å². The van der Waals surface area contributed by atoms with Gasteiger partial charge in [-0.3, -0.25) is 4.79 Å². The Morgan fingerprint density at radius 1 is 1.32 bits per heavy atom. The summed E-state index contributed by atoms with van der Waals surface area (Å²) in [6.07, 6.45) is 0.805. The van der Waals surface area contributed by atoms with Gasteiger partial charge in [-0.05, 0) is 42.3 Å². The number of amides is 1. The molecule has 1 aromatic carbocycles. The smallest absolute Gasteiger partial charge is 0.242 e. The first kappa shape index (κ1) is 15.9. The zero-order valence-electron chi connectivity index (χ0n) is 11.1. The molecule has 0 heterocycles. The predicted molar refractivity (Wildman–Crippen MR) is 75.0 cm³/mol. The van der Waals surface area contributed by atoms with Crippen molar-refractivity contribution in [2.24, 2.45) is 0 Å². The van der Waals surface area contributed by atoms with Gasteiger partial charge in [0.1, 0.15) is 17.7 Å². The Morgan fingerprint density at radius 3 is 2.53 bits per heavy atom. The van der Waals surface area contributed by atoms with E-state index in [9.17, 15) is 13.6 Å². The van der Waals surface area contributed by atoms with Gasteiger partial charge in [-0.1, -0.05) is 6.92 Å². The van der Waals surface area contributed by atoms with Crippen molar-refractivity contribution in [3.8, 4) is 0 Å². The minimum Gasteiger partial charge on any atom is -0.371 e. The Kier molecular flexibility index (Phi) is 5.72. The average molecular weight is 335 g/mol. The monoisotopic (exact) mass is 334 g/mol. The van der Waals surface area contributed by atoms with Gasteiger partial charge in [0.25, 0.3) is 0 Å². The van der Waals surface area contributed by atoms with Crippen molar-refractivity contribution in [3.63, 3.8) is 0 Å². The number of hydrogen-bond donors (Lipinski definition) is 2. The van der Waals surface area contributed by atoms with Gasteiger partial charge < -0.3 is 10.6 Å². The highest BCUT2D eigenvalue weighted by Crippen LogP contribution is 2.23.